The lowest BCUT2D eigenvalue weighted by Crippen LogP contribution is -2.21. The maximum Gasteiger partial charge on any atom is 0.435 e. The molecule has 2 aromatic rings. The third-order valence-corrected chi connectivity index (χ3v) is 3.76. The van der Waals surface area contributed by atoms with E-state index in [1.165, 1.54) is 17.5 Å². The summed E-state index contributed by atoms with van der Waals surface area (Å²) in [6.07, 6.45) is -1.31. The van der Waals surface area contributed by atoms with Crippen molar-refractivity contribution >= 4 is 22.4 Å². The van der Waals surface area contributed by atoms with Crippen LogP contribution in [0.3, 0.4) is 0 Å². The minimum atomic E-state index is -4.50. The summed E-state index contributed by atoms with van der Waals surface area (Å²) in [5.41, 5.74) is -0.483. The highest BCUT2D eigenvalue weighted by molar-refractivity contribution is 7.13. The number of amides is 1. The molecule has 1 fully saturated rings. The summed E-state index contributed by atoms with van der Waals surface area (Å²) >= 11 is 1.24. The Kier molecular flexibility index (Phi) is 3.44. The van der Waals surface area contributed by atoms with Crippen molar-refractivity contribution in [3.05, 3.63) is 29.0 Å². The van der Waals surface area contributed by atoms with Crippen molar-refractivity contribution in [2.45, 2.75) is 31.5 Å². The molecule has 0 spiro atoms. The van der Waals surface area contributed by atoms with Crippen molar-refractivity contribution in [3.63, 3.8) is 0 Å². The summed E-state index contributed by atoms with van der Waals surface area (Å²) in [7, 11) is 0. The third-order valence-electron chi connectivity index (χ3n) is 3.07. The first-order chi connectivity index (χ1) is 9.93. The Labute approximate surface area is 121 Å². The van der Waals surface area contributed by atoms with Gasteiger partial charge in [0, 0.05) is 23.2 Å². The molecule has 0 aliphatic heterocycles. The summed E-state index contributed by atoms with van der Waals surface area (Å²) in [5, 5.41) is 8.17. The normalized spacial score (nSPS) is 15.2. The van der Waals surface area contributed by atoms with Gasteiger partial charge in [-0.25, -0.2) is 4.98 Å². The highest BCUT2D eigenvalue weighted by Gasteiger charge is 2.38. The van der Waals surface area contributed by atoms with E-state index in [9.17, 15) is 18.0 Å². The molecule has 1 amide bonds. The number of rotatable bonds is 4. The van der Waals surface area contributed by atoms with Crippen molar-refractivity contribution in [3.8, 4) is 0 Å². The monoisotopic (exact) mass is 316 g/mol. The first-order valence-electron chi connectivity index (χ1n) is 6.28. The van der Waals surface area contributed by atoms with Gasteiger partial charge in [-0.3, -0.25) is 9.48 Å². The number of thiazole rings is 1. The van der Waals surface area contributed by atoms with Crippen LogP contribution in [0.25, 0.3) is 0 Å². The second-order valence-electron chi connectivity index (χ2n) is 4.77. The largest absolute Gasteiger partial charge is 0.435 e. The molecule has 0 aromatic carbocycles. The van der Waals surface area contributed by atoms with Crippen LogP contribution in [-0.2, 0) is 17.5 Å². The lowest BCUT2D eigenvalue weighted by atomic mass is 10.2. The second kappa shape index (κ2) is 5.14. The van der Waals surface area contributed by atoms with Gasteiger partial charge in [-0.15, -0.1) is 11.3 Å². The fourth-order valence-corrected chi connectivity index (χ4v) is 2.53. The maximum atomic E-state index is 12.7. The molecule has 5 nitrogen and oxygen atoms in total. The molecular formula is C12H11F3N4OS. The Morgan fingerprint density at radius 2 is 2.24 bits per heavy atom. The first-order valence-corrected chi connectivity index (χ1v) is 7.16. The second-order valence-corrected chi connectivity index (χ2v) is 5.66. The number of carbonyl (C=O) groups is 1. The van der Waals surface area contributed by atoms with Crippen LogP contribution >= 0.6 is 11.3 Å². The summed E-state index contributed by atoms with van der Waals surface area (Å²) in [6, 6.07) is 1.04. The highest BCUT2D eigenvalue weighted by atomic mass is 32.1. The molecule has 2 heterocycles. The van der Waals surface area contributed by atoms with Gasteiger partial charge in [-0.2, -0.15) is 18.3 Å². The number of hydrogen-bond acceptors (Lipinski definition) is 4. The molecular weight excluding hydrogens is 305 g/mol. The Bertz CT molecular complexity index is 646. The smallest absolute Gasteiger partial charge is 0.300 e. The summed E-state index contributed by atoms with van der Waals surface area (Å²) in [5.74, 6) is -0.370. The molecule has 9 heteroatoms. The molecule has 0 bridgehead atoms. The molecule has 1 N–H and O–H groups in total. The highest BCUT2D eigenvalue weighted by Crippen LogP contribution is 2.42. The van der Waals surface area contributed by atoms with Crippen LogP contribution in [0.4, 0.5) is 18.3 Å². The van der Waals surface area contributed by atoms with E-state index in [4.69, 9.17) is 0 Å². The summed E-state index contributed by atoms with van der Waals surface area (Å²) < 4.78 is 39.3. The SMILES string of the molecule is O=C(Cn1nc(C(F)(F)F)cc1C1CC1)Nc1nccs1. The maximum absolute atomic E-state index is 12.7. The fourth-order valence-electron chi connectivity index (χ4n) is 1.98. The average molecular weight is 316 g/mol. The van der Waals surface area contributed by atoms with Gasteiger partial charge in [-0.1, -0.05) is 0 Å². The topological polar surface area (TPSA) is 59.8 Å². The van der Waals surface area contributed by atoms with E-state index in [0.29, 0.717) is 10.8 Å². The van der Waals surface area contributed by atoms with Crippen LogP contribution in [0, 0.1) is 0 Å². The molecule has 1 aliphatic carbocycles. The Morgan fingerprint density at radius 3 is 2.81 bits per heavy atom. The van der Waals surface area contributed by atoms with Gasteiger partial charge in [0.05, 0.1) is 0 Å². The van der Waals surface area contributed by atoms with Crippen molar-refractivity contribution < 1.29 is 18.0 Å². The molecule has 3 rings (SSSR count). The zero-order valence-corrected chi connectivity index (χ0v) is 11.5. The molecule has 112 valence electrons. The number of alkyl halides is 3. The van der Waals surface area contributed by atoms with Gasteiger partial charge >= 0.3 is 6.18 Å². The van der Waals surface area contributed by atoms with Crippen molar-refractivity contribution in [2.75, 3.05) is 5.32 Å². The van der Waals surface area contributed by atoms with Gasteiger partial charge in [0.1, 0.15) is 6.54 Å². The van der Waals surface area contributed by atoms with Crippen molar-refractivity contribution in [1.29, 1.82) is 0 Å². The molecule has 1 saturated carbocycles. The number of hydrogen-bond donors (Lipinski definition) is 1. The van der Waals surface area contributed by atoms with E-state index in [0.717, 1.165) is 23.6 Å². The first kappa shape index (κ1) is 14.1. The fraction of sp³-hybridized carbons (Fsp3) is 0.417. The molecule has 0 radical (unpaired) electrons. The zero-order chi connectivity index (χ0) is 15.0. The van der Waals surface area contributed by atoms with Crippen LogP contribution in [0.2, 0.25) is 0 Å². The standard InChI is InChI=1S/C12H11F3N4OS/c13-12(14,15)9-5-8(7-1-2-7)19(18-9)6-10(20)17-11-16-3-4-21-11/h3-5,7H,1-2,6H2,(H,16,17,20). The quantitative estimate of drug-likeness (QED) is 0.943. The van der Waals surface area contributed by atoms with E-state index < -0.39 is 17.8 Å². The number of aromatic nitrogens is 3. The summed E-state index contributed by atoms with van der Waals surface area (Å²) in [6.45, 7) is -0.249. The number of halogens is 3. The van der Waals surface area contributed by atoms with Crippen LogP contribution in [0.1, 0.15) is 30.1 Å². The molecule has 2 aromatic heterocycles. The molecule has 1 aliphatic rings. The number of anilines is 1. The Balaban J connectivity index is 1.77. The average Bonchev–Trinajstić information content (AvgIpc) is 2.93. The van der Waals surface area contributed by atoms with Gasteiger partial charge in [0.2, 0.25) is 5.91 Å². The van der Waals surface area contributed by atoms with Crippen LogP contribution in [0.5, 0.6) is 0 Å². The van der Waals surface area contributed by atoms with Gasteiger partial charge < -0.3 is 5.32 Å². The van der Waals surface area contributed by atoms with Crippen LogP contribution in [-0.4, -0.2) is 20.7 Å². The zero-order valence-electron chi connectivity index (χ0n) is 10.7. The predicted molar refractivity (Wildman–Crippen MR) is 69.9 cm³/mol. The molecule has 0 atom stereocenters. The molecule has 0 unspecified atom stereocenters. The Hall–Kier alpha value is -1.90. The van der Waals surface area contributed by atoms with E-state index >= 15 is 0 Å². The molecule has 0 saturated heterocycles. The van der Waals surface area contributed by atoms with Gasteiger partial charge in [-0.05, 0) is 18.9 Å². The summed E-state index contributed by atoms with van der Waals surface area (Å²) in [4.78, 5) is 15.7. The minimum Gasteiger partial charge on any atom is -0.300 e. The van der Waals surface area contributed by atoms with Crippen molar-refractivity contribution in [1.82, 2.24) is 14.8 Å². The number of nitrogens with one attached hydrogen (secondary N) is 1. The number of nitrogens with zero attached hydrogens (tertiary/aromatic N) is 3. The van der Waals surface area contributed by atoms with Crippen LogP contribution < -0.4 is 5.32 Å². The van der Waals surface area contributed by atoms with E-state index in [-0.39, 0.29) is 12.5 Å². The van der Waals surface area contributed by atoms with E-state index in [1.807, 2.05) is 0 Å². The van der Waals surface area contributed by atoms with Crippen molar-refractivity contribution in [2.24, 2.45) is 0 Å². The number of carbonyl (C=O) groups excluding carboxylic acids is 1. The minimum absolute atomic E-state index is 0.0706. The third kappa shape index (κ3) is 3.23. The predicted octanol–water partition coefficient (Wildman–Crippen LogP) is 2.87. The van der Waals surface area contributed by atoms with E-state index in [2.05, 4.69) is 15.4 Å². The van der Waals surface area contributed by atoms with Gasteiger partial charge in [0.15, 0.2) is 10.8 Å². The molecule has 21 heavy (non-hydrogen) atoms. The lowest BCUT2D eigenvalue weighted by molar-refractivity contribution is -0.141. The van der Waals surface area contributed by atoms with Gasteiger partial charge in [0.25, 0.3) is 0 Å². The Morgan fingerprint density at radius 1 is 1.48 bits per heavy atom. The lowest BCUT2D eigenvalue weighted by Gasteiger charge is -2.06. The van der Waals surface area contributed by atoms with Crippen LogP contribution in [0.15, 0.2) is 17.6 Å². The van der Waals surface area contributed by atoms with E-state index in [1.54, 1.807) is 5.38 Å².